The number of aliphatic hydroxyl groups excluding tert-OH is 2. The molecule has 36 heavy (non-hydrogen) atoms. The fourth-order valence-electron chi connectivity index (χ4n) is 9.79. The molecule has 1 aromatic rings. The van der Waals surface area contributed by atoms with E-state index in [1.165, 1.54) is 44.9 Å². The molecule has 4 fully saturated rings. The normalized spacial score (nSPS) is 42.1. The quantitative estimate of drug-likeness (QED) is 0.440. The monoisotopic (exact) mass is 516 g/mol. The molecule has 4 saturated carbocycles. The molecule has 5 rings (SSSR count). The van der Waals surface area contributed by atoms with E-state index in [1.807, 2.05) is 6.07 Å². The maximum absolute atomic E-state index is 13.5. The van der Waals surface area contributed by atoms with Crippen LogP contribution < -0.4 is 0 Å². The van der Waals surface area contributed by atoms with Crippen molar-refractivity contribution < 1.29 is 18.6 Å². The zero-order valence-electron chi connectivity index (χ0n) is 22.6. The van der Waals surface area contributed by atoms with Crippen molar-refractivity contribution in [3.8, 4) is 0 Å². The van der Waals surface area contributed by atoms with Crippen LogP contribution in [0.4, 0.5) is 0 Å². The van der Waals surface area contributed by atoms with Crippen LogP contribution in [0.15, 0.2) is 35.2 Å². The predicted octanol–water partition coefficient (Wildman–Crippen LogP) is 6.40. The Balaban J connectivity index is 1.30. The van der Waals surface area contributed by atoms with Crippen molar-refractivity contribution in [2.75, 3.05) is 0 Å². The molecule has 4 aliphatic carbocycles. The molecule has 0 amide bonds. The molecule has 0 aromatic heterocycles. The Hall–Kier alpha value is -0.910. The van der Waals surface area contributed by atoms with Crippen molar-refractivity contribution in [1.29, 1.82) is 0 Å². The van der Waals surface area contributed by atoms with Crippen LogP contribution in [0.2, 0.25) is 0 Å². The average molecular weight is 517 g/mol. The molecule has 202 valence electrons. The van der Waals surface area contributed by atoms with Gasteiger partial charge in [-0.2, -0.15) is 0 Å². The Labute approximate surface area is 219 Å². The second-order valence-electron chi connectivity index (χ2n) is 13.5. The molecule has 5 heteroatoms. The number of fused-ring (bicyclic) bond motifs is 5. The summed E-state index contributed by atoms with van der Waals surface area (Å²) in [6.45, 7) is 6.79. The molecule has 4 aliphatic rings. The molecule has 10 atom stereocenters. The first kappa shape index (κ1) is 26.7. The second-order valence-corrected chi connectivity index (χ2v) is 15.8. The minimum Gasteiger partial charge on any atom is -0.393 e. The van der Waals surface area contributed by atoms with Crippen LogP contribution in [-0.4, -0.2) is 36.1 Å². The lowest BCUT2D eigenvalue weighted by atomic mass is 9.44. The first-order chi connectivity index (χ1) is 17.1. The number of benzene rings is 1. The van der Waals surface area contributed by atoms with Gasteiger partial charge in [-0.25, -0.2) is 8.42 Å². The van der Waals surface area contributed by atoms with E-state index in [0.717, 1.165) is 37.0 Å². The molecular weight excluding hydrogens is 468 g/mol. The van der Waals surface area contributed by atoms with Gasteiger partial charge >= 0.3 is 0 Å². The first-order valence-electron chi connectivity index (χ1n) is 14.7. The first-order valence-corrected chi connectivity index (χ1v) is 16.3. The lowest BCUT2D eigenvalue weighted by Gasteiger charge is -2.61. The predicted molar refractivity (Wildman–Crippen MR) is 144 cm³/mol. The number of hydrogen-bond donors (Lipinski definition) is 2. The fourth-order valence-corrected chi connectivity index (χ4v) is 11.7. The Kier molecular flexibility index (Phi) is 7.41. The highest BCUT2D eigenvalue weighted by Crippen LogP contribution is 2.68. The zero-order chi connectivity index (χ0) is 25.7. The molecule has 0 saturated heterocycles. The molecule has 4 nitrogen and oxygen atoms in total. The van der Waals surface area contributed by atoms with E-state index < -0.39 is 21.2 Å². The third-order valence-electron chi connectivity index (χ3n) is 11.8. The van der Waals surface area contributed by atoms with Gasteiger partial charge in [0.2, 0.25) is 0 Å². The van der Waals surface area contributed by atoms with Gasteiger partial charge in [-0.15, -0.1) is 0 Å². The second kappa shape index (κ2) is 10.0. The van der Waals surface area contributed by atoms with Crippen molar-refractivity contribution in [1.82, 2.24) is 0 Å². The summed E-state index contributed by atoms with van der Waals surface area (Å²) >= 11 is 0. The van der Waals surface area contributed by atoms with Crippen molar-refractivity contribution in [3.63, 3.8) is 0 Å². The standard InChI is InChI=1S/C31H48O4S/c1-21(32)19-26(36(34,35)25-7-5-4-6-8-25)12-9-22-11-14-28-27-13-10-23-20-24(33)15-17-31(23,3)29(27)16-18-30(22,28)2/h4-8,21-24,26-29,32-33H,9-20H2,1-3H3. The SMILES string of the molecule is CC(O)CC(CCC1CCC2C3CCC4CC(O)CCC4(C)C3CCC12C)S(=O)(=O)c1ccccc1. The van der Waals surface area contributed by atoms with Gasteiger partial charge in [-0.05, 0) is 137 Å². The topological polar surface area (TPSA) is 74.6 Å². The van der Waals surface area contributed by atoms with E-state index in [9.17, 15) is 18.6 Å². The van der Waals surface area contributed by atoms with E-state index in [0.29, 0.717) is 40.4 Å². The summed E-state index contributed by atoms with van der Waals surface area (Å²) in [7, 11) is -3.46. The van der Waals surface area contributed by atoms with E-state index in [2.05, 4.69) is 13.8 Å². The van der Waals surface area contributed by atoms with E-state index >= 15 is 0 Å². The van der Waals surface area contributed by atoms with E-state index in [4.69, 9.17) is 0 Å². The van der Waals surface area contributed by atoms with Gasteiger partial charge < -0.3 is 10.2 Å². The zero-order valence-corrected chi connectivity index (χ0v) is 23.4. The lowest BCUT2D eigenvalue weighted by Crippen LogP contribution is -2.53. The van der Waals surface area contributed by atoms with Gasteiger partial charge in [0, 0.05) is 0 Å². The fraction of sp³-hybridized carbons (Fsp3) is 0.806. The van der Waals surface area contributed by atoms with Crippen LogP contribution in [0.3, 0.4) is 0 Å². The van der Waals surface area contributed by atoms with Gasteiger partial charge in [0.05, 0.1) is 22.4 Å². The minimum atomic E-state index is -3.46. The van der Waals surface area contributed by atoms with Crippen molar-refractivity contribution >= 4 is 9.84 Å². The molecule has 0 bridgehead atoms. The third kappa shape index (κ3) is 4.60. The van der Waals surface area contributed by atoms with Gasteiger partial charge in [-0.1, -0.05) is 32.0 Å². The summed E-state index contributed by atoms with van der Waals surface area (Å²) in [6.07, 6.45) is 12.0. The highest BCUT2D eigenvalue weighted by molar-refractivity contribution is 7.92. The van der Waals surface area contributed by atoms with Crippen molar-refractivity contribution in [3.05, 3.63) is 30.3 Å². The van der Waals surface area contributed by atoms with Crippen molar-refractivity contribution in [2.24, 2.45) is 40.4 Å². The van der Waals surface area contributed by atoms with Gasteiger partial charge in [0.1, 0.15) is 0 Å². The molecule has 10 unspecified atom stereocenters. The number of sulfone groups is 1. The molecule has 0 aliphatic heterocycles. The van der Waals surface area contributed by atoms with Crippen LogP contribution in [0.5, 0.6) is 0 Å². The Morgan fingerprint density at radius 2 is 1.64 bits per heavy atom. The van der Waals surface area contributed by atoms with E-state index in [1.54, 1.807) is 31.2 Å². The Morgan fingerprint density at radius 1 is 0.944 bits per heavy atom. The lowest BCUT2D eigenvalue weighted by molar-refractivity contribution is -0.127. The molecule has 2 N–H and O–H groups in total. The summed E-state index contributed by atoms with van der Waals surface area (Å²) in [5.74, 6) is 3.61. The molecule has 0 heterocycles. The number of hydrogen-bond acceptors (Lipinski definition) is 4. The highest BCUT2D eigenvalue weighted by Gasteiger charge is 2.60. The number of rotatable bonds is 7. The minimum absolute atomic E-state index is 0.0916. The maximum atomic E-state index is 13.5. The summed E-state index contributed by atoms with van der Waals surface area (Å²) in [4.78, 5) is 0.384. The molecular formula is C31H48O4S. The average Bonchev–Trinajstić information content (AvgIpc) is 3.18. The summed E-state index contributed by atoms with van der Waals surface area (Å²) in [5, 5.41) is 19.9. The molecule has 1 aromatic carbocycles. The largest absolute Gasteiger partial charge is 0.393 e. The van der Waals surface area contributed by atoms with Crippen LogP contribution >= 0.6 is 0 Å². The van der Waals surface area contributed by atoms with Crippen LogP contribution in [-0.2, 0) is 9.84 Å². The summed E-state index contributed by atoms with van der Waals surface area (Å²) in [5.41, 5.74) is 0.706. The van der Waals surface area contributed by atoms with Crippen LogP contribution in [0, 0.1) is 40.4 Å². The summed E-state index contributed by atoms with van der Waals surface area (Å²) < 4.78 is 27.0. The van der Waals surface area contributed by atoms with Gasteiger partial charge in [0.25, 0.3) is 0 Å². The highest BCUT2D eigenvalue weighted by atomic mass is 32.2. The van der Waals surface area contributed by atoms with Crippen LogP contribution in [0.25, 0.3) is 0 Å². The number of aliphatic hydroxyl groups is 2. The van der Waals surface area contributed by atoms with Crippen LogP contribution in [0.1, 0.15) is 97.8 Å². The smallest absolute Gasteiger partial charge is 0.181 e. The molecule has 0 spiro atoms. The van der Waals surface area contributed by atoms with Gasteiger partial charge in [-0.3, -0.25) is 0 Å². The maximum Gasteiger partial charge on any atom is 0.181 e. The van der Waals surface area contributed by atoms with E-state index in [-0.39, 0.29) is 6.10 Å². The summed E-state index contributed by atoms with van der Waals surface area (Å²) in [6, 6.07) is 8.81. The van der Waals surface area contributed by atoms with Gasteiger partial charge in [0.15, 0.2) is 9.84 Å². The third-order valence-corrected chi connectivity index (χ3v) is 14.0. The Bertz CT molecular complexity index is 1010. The van der Waals surface area contributed by atoms with Crippen molar-refractivity contribution in [2.45, 2.75) is 120 Å². The molecule has 0 radical (unpaired) electrons. The Morgan fingerprint density at radius 3 is 2.36 bits per heavy atom.